The van der Waals surface area contributed by atoms with Gasteiger partial charge in [0.15, 0.2) is 11.5 Å². The molecule has 9 heteroatoms. The van der Waals surface area contributed by atoms with Crippen molar-refractivity contribution in [2.75, 3.05) is 11.5 Å². The summed E-state index contributed by atoms with van der Waals surface area (Å²) in [5, 5.41) is 2.68. The molecule has 1 fully saturated rings. The molecular formula is C29H24ClIN2O5. The maximum absolute atomic E-state index is 13.3. The van der Waals surface area contributed by atoms with Crippen LogP contribution in [0.2, 0.25) is 5.02 Å². The number of amides is 4. The van der Waals surface area contributed by atoms with Crippen LogP contribution >= 0.6 is 34.2 Å². The number of ether oxygens (including phenoxy) is 2. The summed E-state index contributed by atoms with van der Waals surface area (Å²) in [5.41, 5.74) is 2.41. The van der Waals surface area contributed by atoms with Crippen molar-refractivity contribution in [1.82, 2.24) is 5.32 Å². The summed E-state index contributed by atoms with van der Waals surface area (Å²) in [4.78, 5) is 39.4. The number of allylic oxidation sites excluding steroid dienone is 1. The van der Waals surface area contributed by atoms with Crippen LogP contribution in [-0.4, -0.2) is 24.5 Å². The summed E-state index contributed by atoms with van der Waals surface area (Å²) >= 11 is 8.19. The molecular weight excluding hydrogens is 619 g/mol. The SMILES string of the molecule is C=CCc1cc(/C=C2\C(=O)NC(=O)N(c3ccc(Cl)cc3)C2=O)cc(OCC)c1OCc1ccc(I)cc1. The van der Waals surface area contributed by atoms with Crippen LogP contribution in [0.4, 0.5) is 10.5 Å². The molecule has 0 bridgehead atoms. The van der Waals surface area contributed by atoms with E-state index in [1.165, 1.54) is 18.2 Å². The number of urea groups is 1. The van der Waals surface area contributed by atoms with Crippen LogP contribution in [0.15, 0.2) is 78.9 Å². The molecule has 194 valence electrons. The lowest BCUT2D eigenvalue weighted by atomic mass is 10.0. The van der Waals surface area contributed by atoms with Crippen LogP contribution in [0.1, 0.15) is 23.6 Å². The normalized spacial score (nSPS) is 14.4. The van der Waals surface area contributed by atoms with E-state index in [1.54, 1.807) is 24.3 Å². The molecule has 1 aliphatic heterocycles. The average molecular weight is 643 g/mol. The molecule has 4 rings (SSSR count). The number of imide groups is 2. The van der Waals surface area contributed by atoms with Gasteiger partial charge in [0.1, 0.15) is 12.2 Å². The van der Waals surface area contributed by atoms with E-state index in [-0.39, 0.29) is 11.3 Å². The molecule has 1 heterocycles. The molecule has 0 spiro atoms. The lowest BCUT2D eigenvalue weighted by Gasteiger charge is -2.26. The molecule has 3 aromatic carbocycles. The van der Waals surface area contributed by atoms with Crippen LogP contribution in [-0.2, 0) is 22.6 Å². The van der Waals surface area contributed by atoms with Gasteiger partial charge in [-0.15, -0.1) is 6.58 Å². The minimum Gasteiger partial charge on any atom is -0.490 e. The van der Waals surface area contributed by atoms with Crippen molar-refractivity contribution in [3.63, 3.8) is 0 Å². The largest absolute Gasteiger partial charge is 0.490 e. The van der Waals surface area contributed by atoms with E-state index >= 15 is 0 Å². The van der Waals surface area contributed by atoms with Gasteiger partial charge in [0.05, 0.1) is 12.3 Å². The van der Waals surface area contributed by atoms with Crippen molar-refractivity contribution in [3.05, 3.63) is 104 Å². The van der Waals surface area contributed by atoms with Crippen LogP contribution in [0.3, 0.4) is 0 Å². The fourth-order valence-corrected chi connectivity index (χ4v) is 4.37. The minimum absolute atomic E-state index is 0.195. The maximum atomic E-state index is 13.3. The zero-order valence-electron chi connectivity index (χ0n) is 20.5. The first kappa shape index (κ1) is 27.4. The van der Waals surface area contributed by atoms with Crippen LogP contribution in [0, 0.1) is 3.57 Å². The van der Waals surface area contributed by atoms with Crippen LogP contribution < -0.4 is 19.7 Å². The van der Waals surface area contributed by atoms with Gasteiger partial charge in [-0.2, -0.15) is 0 Å². The number of carbonyl (C=O) groups excluding carboxylic acids is 3. The van der Waals surface area contributed by atoms with E-state index in [0.717, 1.165) is 19.6 Å². The van der Waals surface area contributed by atoms with Crippen molar-refractivity contribution in [2.24, 2.45) is 0 Å². The van der Waals surface area contributed by atoms with Gasteiger partial charge in [-0.1, -0.05) is 29.8 Å². The summed E-state index contributed by atoms with van der Waals surface area (Å²) in [5.74, 6) is -0.501. The van der Waals surface area contributed by atoms with Crippen molar-refractivity contribution in [2.45, 2.75) is 20.0 Å². The second-order valence-electron chi connectivity index (χ2n) is 8.28. The number of carbonyl (C=O) groups is 3. The zero-order chi connectivity index (χ0) is 27.2. The van der Waals surface area contributed by atoms with Gasteiger partial charge in [0, 0.05) is 14.2 Å². The van der Waals surface area contributed by atoms with Gasteiger partial charge in [-0.25, -0.2) is 9.69 Å². The number of rotatable bonds is 9. The van der Waals surface area contributed by atoms with Gasteiger partial charge in [0.2, 0.25) is 0 Å². The lowest BCUT2D eigenvalue weighted by molar-refractivity contribution is -0.122. The van der Waals surface area contributed by atoms with Crippen LogP contribution in [0.5, 0.6) is 11.5 Å². The standard InChI is InChI=1S/C29H24ClIN2O5/c1-3-5-20-14-19(16-25(37-4-2)26(20)38-17-18-6-10-22(31)11-7-18)15-24-27(34)32-29(36)33(28(24)35)23-12-8-21(30)9-13-23/h3,6-16H,1,4-5,17H2,2H3,(H,32,34,36)/b24-15+. The highest BCUT2D eigenvalue weighted by Gasteiger charge is 2.36. The molecule has 4 amide bonds. The Labute approximate surface area is 239 Å². The summed E-state index contributed by atoms with van der Waals surface area (Å²) < 4.78 is 13.2. The number of hydrogen-bond donors (Lipinski definition) is 1. The molecule has 0 aromatic heterocycles. The Morgan fingerprint density at radius 2 is 1.74 bits per heavy atom. The van der Waals surface area contributed by atoms with Crippen molar-refractivity contribution in [1.29, 1.82) is 0 Å². The van der Waals surface area contributed by atoms with Crippen LogP contribution in [0.25, 0.3) is 6.08 Å². The predicted octanol–water partition coefficient (Wildman–Crippen LogP) is 6.32. The Kier molecular flexibility index (Phi) is 8.85. The van der Waals surface area contributed by atoms with E-state index in [1.807, 2.05) is 37.3 Å². The second-order valence-corrected chi connectivity index (χ2v) is 9.96. The monoisotopic (exact) mass is 642 g/mol. The quantitative estimate of drug-likeness (QED) is 0.128. The number of hydrogen-bond acceptors (Lipinski definition) is 5. The van der Waals surface area contributed by atoms with E-state index < -0.39 is 17.8 Å². The summed E-state index contributed by atoms with van der Waals surface area (Å²) in [6, 6.07) is 16.9. The third-order valence-corrected chi connectivity index (χ3v) is 6.58. The summed E-state index contributed by atoms with van der Waals surface area (Å²) in [6.07, 6.45) is 3.64. The van der Waals surface area contributed by atoms with Gasteiger partial charge in [0.25, 0.3) is 11.8 Å². The minimum atomic E-state index is -0.832. The first-order chi connectivity index (χ1) is 18.3. The van der Waals surface area contributed by atoms with Gasteiger partial charge in [-0.3, -0.25) is 14.9 Å². The molecule has 1 aliphatic rings. The fourth-order valence-electron chi connectivity index (χ4n) is 3.89. The molecule has 3 aromatic rings. The molecule has 0 radical (unpaired) electrons. The highest BCUT2D eigenvalue weighted by Crippen LogP contribution is 2.36. The molecule has 0 saturated carbocycles. The second kappa shape index (κ2) is 12.3. The Morgan fingerprint density at radius 3 is 2.39 bits per heavy atom. The summed E-state index contributed by atoms with van der Waals surface area (Å²) in [7, 11) is 0. The summed E-state index contributed by atoms with van der Waals surface area (Å²) in [6.45, 7) is 6.41. The highest BCUT2D eigenvalue weighted by atomic mass is 127. The van der Waals surface area contributed by atoms with E-state index in [4.69, 9.17) is 21.1 Å². The smallest absolute Gasteiger partial charge is 0.335 e. The van der Waals surface area contributed by atoms with E-state index in [2.05, 4.69) is 34.5 Å². The van der Waals surface area contributed by atoms with Gasteiger partial charge in [-0.05, 0) is 102 Å². The molecule has 38 heavy (non-hydrogen) atoms. The van der Waals surface area contributed by atoms with Gasteiger partial charge >= 0.3 is 6.03 Å². The average Bonchev–Trinajstić information content (AvgIpc) is 2.88. The Morgan fingerprint density at radius 1 is 1.03 bits per heavy atom. The molecule has 0 unspecified atom stereocenters. The molecule has 7 nitrogen and oxygen atoms in total. The third kappa shape index (κ3) is 6.25. The van der Waals surface area contributed by atoms with Crippen molar-refractivity contribution < 1.29 is 23.9 Å². The predicted molar refractivity (Wildman–Crippen MR) is 155 cm³/mol. The first-order valence-corrected chi connectivity index (χ1v) is 13.2. The zero-order valence-corrected chi connectivity index (χ0v) is 23.4. The number of nitrogens with one attached hydrogen (secondary N) is 1. The highest BCUT2D eigenvalue weighted by molar-refractivity contribution is 14.1. The molecule has 1 N–H and O–H groups in total. The molecule has 0 atom stereocenters. The van der Waals surface area contributed by atoms with Crippen molar-refractivity contribution >= 4 is 63.8 Å². The fraction of sp³-hybridized carbons (Fsp3) is 0.138. The molecule has 1 saturated heterocycles. The number of barbiturate groups is 1. The van der Waals surface area contributed by atoms with E-state index in [0.29, 0.717) is 41.7 Å². The lowest BCUT2D eigenvalue weighted by Crippen LogP contribution is -2.54. The molecule has 0 aliphatic carbocycles. The number of halogens is 2. The number of anilines is 1. The third-order valence-electron chi connectivity index (χ3n) is 5.61. The number of nitrogens with zero attached hydrogens (tertiary/aromatic N) is 1. The Bertz CT molecular complexity index is 1420. The number of benzene rings is 3. The topological polar surface area (TPSA) is 84.9 Å². The Hall–Kier alpha value is -3.63. The van der Waals surface area contributed by atoms with E-state index in [9.17, 15) is 14.4 Å². The van der Waals surface area contributed by atoms with Gasteiger partial charge < -0.3 is 9.47 Å². The first-order valence-electron chi connectivity index (χ1n) is 11.8. The Balaban J connectivity index is 1.71. The maximum Gasteiger partial charge on any atom is 0.335 e. The van der Waals surface area contributed by atoms with Crippen molar-refractivity contribution in [3.8, 4) is 11.5 Å².